The van der Waals surface area contributed by atoms with Gasteiger partial charge in [0.05, 0.1) is 5.92 Å². The molecule has 15 heavy (non-hydrogen) atoms. The summed E-state index contributed by atoms with van der Waals surface area (Å²) in [5.74, 6) is 0.511. The van der Waals surface area contributed by atoms with Crippen LogP contribution in [0.5, 0.6) is 0 Å². The number of rotatable bonds is 7. The van der Waals surface area contributed by atoms with Gasteiger partial charge in [-0.15, -0.1) is 6.58 Å². The third-order valence-corrected chi connectivity index (χ3v) is 2.32. The number of carbonyl (C=O) groups is 1. The van der Waals surface area contributed by atoms with Crippen LogP contribution in [0.2, 0.25) is 0 Å². The van der Waals surface area contributed by atoms with Gasteiger partial charge in [0.25, 0.3) is 0 Å². The molecule has 0 spiro atoms. The fraction of sp³-hybridized carbons (Fsp3) is 0.750. The zero-order chi connectivity index (χ0) is 11.8. The molecule has 3 heteroatoms. The highest BCUT2D eigenvalue weighted by molar-refractivity contribution is 5.79. The monoisotopic (exact) mass is 212 g/mol. The highest BCUT2D eigenvalue weighted by Crippen LogP contribution is 2.11. The van der Waals surface area contributed by atoms with E-state index in [1.807, 2.05) is 13.0 Å². The van der Waals surface area contributed by atoms with Crippen LogP contribution in [-0.4, -0.2) is 18.5 Å². The Morgan fingerprint density at radius 1 is 1.47 bits per heavy atom. The highest BCUT2D eigenvalue weighted by atomic mass is 16.1. The van der Waals surface area contributed by atoms with Gasteiger partial charge in [0.2, 0.25) is 5.91 Å². The van der Waals surface area contributed by atoms with E-state index in [-0.39, 0.29) is 17.9 Å². The second-order valence-corrected chi connectivity index (χ2v) is 4.50. The molecule has 0 radical (unpaired) electrons. The molecule has 0 aliphatic carbocycles. The Balaban J connectivity index is 4.08. The van der Waals surface area contributed by atoms with Crippen LogP contribution in [0.4, 0.5) is 0 Å². The van der Waals surface area contributed by atoms with Crippen LogP contribution in [0.3, 0.4) is 0 Å². The second-order valence-electron chi connectivity index (χ2n) is 4.50. The third kappa shape index (κ3) is 6.28. The molecule has 0 aromatic heterocycles. The van der Waals surface area contributed by atoms with E-state index in [1.165, 1.54) is 0 Å². The lowest BCUT2D eigenvalue weighted by atomic mass is 9.96. The van der Waals surface area contributed by atoms with E-state index in [9.17, 15) is 4.79 Å². The van der Waals surface area contributed by atoms with Gasteiger partial charge in [-0.3, -0.25) is 4.79 Å². The minimum atomic E-state index is -0.0581. The Morgan fingerprint density at radius 3 is 2.47 bits per heavy atom. The van der Waals surface area contributed by atoms with Crippen molar-refractivity contribution in [1.82, 2.24) is 5.32 Å². The van der Waals surface area contributed by atoms with Gasteiger partial charge in [-0.05, 0) is 25.7 Å². The summed E-state index contributed by atoms with van der Waals surface area (Å²) in [6.07, 6.45) is 3.46. The summed E-state index contributed by atoms with van der Waals surface area (Å²) in [6.45, 7) is 10.2. The van der Waals surface area contributed by atoms with Crippen LogP contribution < -0.4 is 11.1 Å². The molecule has 0 bridgehead atoms. The van der Waals surface area contributed by atoms with Crippen molar-refractivity contribution in [2.45, 2.75) is 39.7 Å². The molecule has 0 saturated heterocycles. The van der Waals surface area contributed by atoms with Crippen LogP contribution in [0.25, 0.3) is 0 Å². The maximum absolute atomic E-state index is 11.8. The Labute approximate surface area is 93.1 Å². The van der Waals surface area contributed by atoms with Crippen molar-refractivity contribution >= 4 is 5.91 Å². The van der Waals surface area contributed by atoms with Crippen molar-refractivity contribution in [1.29, 1.82) is 0 Å². The maximum Gasteiger partial charge on any atom is 0.224 e. The molecule has 0 aromatic rings. The van der Waals surface area contributed by atoms with Gasteiger partial charge < -0.3 is 11.1 Å². The van der Waals surface area contributed by atoms with Gasteiger partial charge in [0, 0.05) is 12.6 Å². The summed E-state index contributed by atoms with van der Waals surface area (Å²) in [7, 11) is 0. The van der Waals surface area contributed by atoms with Crippen LogP contribution in [0, 0.1) is 11.8 Å². The van der Waals surface area contributed by atoms with Crippen molar-refractivity contribution in [2.75, 3.05) is 6.54 Å². The molecular weight excluding hydrogens is 188 g/mol. The third-order valence-electron chi connectivity index (χ3n) is 2.32. The minimum Gasteiger partial charge on any atom is -0.353 e. The Bertz CT molecular complexity index is 202. The molecule has 0 aromatic carbocycles. The first-order valence-electron chi connectivity index (χ1n) is 5.62. The molecule has 3 nitrogen and oxygen atoms in total. The highest BCUT2D eigenvalue weighted by Gasteiger charge is 2.18. The molecule has 0 heterocycles. The first kappa shape index (κ1) is 14.2. The van der Waals surface area contributed by atoms with Crippen molar-refractivity contribution in [3.63, 3.8) is 0 Å². The van der Waals surface area contributed by atoms with Crippen LogP contribution in [0.1, 0.15) is 33.6 Å². The molecule has 3 N–H and O–H groups in total. The van der Waals surface area contributed by atoms with Crippen LogP contribution in [0.15, 0.2) is 12.7 Å². The van der Waals surface area contributed by atoms with E-state index in [0.29, 0.717) is 12.5 Å². The predicted octanol–water partition coefficient (Wildman–Crippen LogP) is 1.69. The second kappa shape index (κ2) is 7.46. The number of nitrogens with one attached hydrogen (secondary N) is 1. The standard InChI is InChI=1S/C12H24N2O/c1-5-6-10(4)14-12(15)11(8-13)7-9(2)3/h5,9-11H,1,6-8,13H2,2-4H3,(H,14,15). The Kier molecular flexibility index (Phi) is 7.05. The summed E-state index contributed by atoms with van der Waals surface area (Å²) >= 11 is 0. The van der Waals surface area contributed by atoms with Gasteiger partial charge in [-0.2, -0.15) is 0 Å². The van der Waals surface area contributed by atoms with Crippen molar-refractivity contribution < 1.29 is 4.79 Å². The molecule has 0 aliphatic heterocycles. The van der Waals surface area contributed by atoms with Gasteiger partial charge in [0.15, 0.2) is 0 Å². The first-order chi connectivity index (χ1) is 7.01. The zero-order valence-electron chi connectivity index (χ0n) is 10.1. The van der Waals surface area contributed by atoms with E-state index < -0.39 is 0 Å². The molecule has 88 valence electrons. The topological polar surface area (TPSA) is 55.1 Å². The number of nitrogens with two attached hydrogens (primary N) is 1. The summed E-state index contributed by atoms with van der Waals surface area (Å²) in [6, 6.07) is 0.149. The van der Waals surface area contributed by atoms with E-state index in [1.54, 1.807) is 0 Å². The molecule has 0 saturated carbocycles. The van der Waals surface area contributed by atoms with Crippen LogP contribution >= 0.6 is 0 Å². The largest absolute Gasteiger partial charge is 0.353 e. The lowest BCUT2D eigenvalue weighted by Gasteiger charge is -2.19. The van der Waals surface area contributed by atoms with Gasteiger partial charge >= 0.3 is 0 Å². The summed E-state index contributed by atoms with van der Waals surface area (Å²) < 4.78 is 0. The summed E-state index contributed by atoms with van der Waals surface area (Å²) in [5.41, 5.74) is 5.59. The summed E-state index contributed by atoms with van der Waals surface area (Å²) in [4.78, 5) is 11.8. The molecule has 1 amide bonds. The van der Waals surface area contributed by atoms with E-state index >= 15 is 0 Å². The SMILES string of the molecule is C=CCC(C)NC(=O)C(CN)CC(C)C. The molecule has 2 atom stereocenters. The number of amides is 1. The maximum atomic E-state index is 11.8. The molecule has 0 rings (SSSR count). The molecule has 0 fully saturated rings. The summed E-state index contributed by atoms with van der Waals surface area (Å²) in [5, 5.41) is 2.95. The predicted molar refractivity (Wildman–Crippen MR) is 64.4 cm³/mol. The minimum absolute atomic E-state index is 0.0581. The fourth-order valence-corrected chi connectivity index (χ4v) is 1.55. The van der Waals surface area contributed by atoms with Gasteiger partial charge in [-0.25, -0.2) is 0 Å². The van der Waals surface area contributed by atoms with Gasteiger partial charge in [-0.1, -0.05) is 19.9 Å². The molecular formula is C12H24N2O. The number of hydrogen-bond donors (Lipinski definition) is 2. The normalized spacial score (nSPS) is 14.7. The lowest BCUT2D eigenvalue weighted by molar-refractivity contribution is -0.125. The number of hydrogen-bond acceptors (Lipinski definition) is 2. The smallest absolute Gasteiger partial charge is 0.224 e. The van der Waals surface area contributed by atoms with E-state index in [4.69, 9.17) is 5.73 Å². The molecule has 2 unspecified atom stereocenters. The van der Waals surface area contributed by atoms with E-state index in [2.05, 4.69) is 25.7 Å². The van der Waals surface area contributed by atoms with Crippen LogP contribution in [-0.2, 0) is 4.79 Å². The first-order valence-corrected chi connectivity index (χ1v) is 5.62. The van der Waals surface area contributed by atoms with Crippen molar-refractivity contribution in [2.24, 2.45) is 17.6 Å². The van der Waals surface area contributed by atoms with E-state index in [0.717, 1.165) is 12.8 Å². The average Bonchev–Trinajstić information content (AvgIpc) is 2.13. The zero-order valence-corrected chi connectivity index (χ0v) is 10.1. The Morgan fingerprint density at radius 2 is 2.07 bits per heavy atom. The average molecular weight is 212 g/mol. The number of carbonyl (C=O) groups excluding carboxylic acids is 1. The quantitative estimate of drug-likeness (QED) is 0.631. The lowest BCUT2D eigenvalue weighted by Crippen LogP contribution is -2.40. The van der Waals surface area contributed by atoms with Gasteiger partial charge in [0.1, 0.15) is 0 Å². The fourth-order valence-electron chi connectivity index (χ4n) is 1.55. The van der Waals surface area contributed by atoms with Crippen molar-refractivity contribution in [3.8, 4) is 0 Å². The van der Waals surface area contributed by atoms with Crippen molar-refractivity contribution in [3.05, 3.63) is 12.7 Å². The Hall–Kier alpha value is -0.830. The molecule has 0 aliphatic rings.